The number of aliphatic carboxylic acids is 2. The SMILES string of the molecule is CCCCCCCCCCCCCCCCCCc1cc(CC(=O)O)c(I(=O)=O)c(CC(=O)O)c1. The molecule has 0 bridgehead atoms. The summed E-state index contributed by atoms with van der Waals surface area (Å²) in [6, 6.07) is 3.28. The number of rotatable bonds is 22. The molecule has 0 amide bonds. The average Bonchev–Trinajstić information content (AvgIpc) is 2.77. The Kier molecular flexibility index (Phi) is 17.7. The van der Waals surface area contributed by atoms with Crippen LogP contribution in [0, 0.1) is 3.57 Å². The number of benzene rings is 1. The van der Waals surface area contributed by atoms with Crippen molar-refractivity contribution in [2.24, 2.45) is 0 Å². The van der Waals surface area contributed by atoms with Crippen LogP contribution in [0.1, 0.15) is 126 Å². The first-order chi connectivity index (χ1) is 16.8. The van der Waals surface area contributed by atoms with E-state index in [0.29, 0.717) is 6.42 Å². The van der Waals surface area contributed by atoms with Crippen molar-refractivity contribution in [3.63, 3.8) is 0 Å². The van der Waals surface area contributed by atoms with E-state index in [1.165, 1.54) is 83.5 Å². The third kappa shape index (κ3) is 15.3. The molecule has 0 atom stereocenters. The van der Waals surface area contributed by atoms with Gasteiger partial charge >= 0.3 is 31.7 Å². The summed E-state index contributed by atoms with van der Waals surface area (Å²) in [4.78, 5) is 22.4. The van der Waals surface area contributed by atoms with E-state index >= 15 is 0 Å². The Labute approximate surface area is 218 Å². The van der Waals surface area contributed by atoms with Crippen molar-refractivity contribution < 1.29 is 25.9 Å². The monoisotopic (exact) mass is 604 g/mol. The van der Waals surface area contributed by atoms with Gasteiger partial charge in [0, 0.05) is 0 Å². The van der Waals surface area contributed by atoms with Crippen LogP contribution in [0.4, 0.5) is 0 Å². The van der Waals surface area contributed by atoms with Crippen LogP contribution in [0.2, 0.25) is 0 Å². The molecule has 7 heteroatoms. The van der Waals surface area contributed by atoms with Gasteiger partial charge in [0.2, 0.25) is 0 Å². The maximum Gasteiger partial charge on any atom is 0.341 e. The summed E-state index contributed by atoms with van der Waals surface area (Å²) in [5, 5.41) is 18.3. The van der Waals surface area contributed by atoms with Crippen molar-refractivity contribution in [2.45, 2.75) is 129 Å². The fraction of sp³-hybridized carbons (Fsp3) is 0.714. The number of aryl methyl sites for hydroxylation is 1. The molecule has 1 aromatic carbocycles. The standard InChI is InChI=1S/C28H45IO6/c1-2-3-4-5-6-7-8-9-10-11-12-13-14-15-16-17-18-23-19-24(21-26(30)31)28(29(34)35)25(20-23)22-27(32)33/h19-20H,2-18,21-22H2,1H3,(H,30,31)(H,32,33). The Bertz CT molecular complexity index is 786. The van der Waals surface area contributed by atoms with E-state index in [1.807, 2.05) is 0 Å². The predicted molar refractivity (Wildman–Crippen MR) is 146 cm³/mol. The first kappa shape index (κ1) is 31.5. The Morgan fingerprint density at radius 3 is 1.29 bits per heavy atom. The molecule has 0 aromatic heterocycles. The van der Waals surface area contributed by atoms with Crippen molar-refractivity contribution in [2.75, 3.05) is 0 Å². The second-order valence-electron chi connectivity index (χ2n) is 9.64. The molecule has 200 valence electrons. The van der Waals surface area contributed by atoms with Gasteiger partial charge in [0.05, 0.1) is 16.4 Å². The minimum absolute atomic E-state index is 0.0604. The largest absolute Gasteiger partial charge is 0.481 e. The molecule has 2 N–H and O–H groups in total. The molecule has 0 saturated heterocycles. The van der Waals surface area contributed by atoms with Crippen LogP contribution >= 0.6 is 19.8 Å². The van der Waals surface area contributed by atoms with Gasteiger partial charge in [0.25, 0.3) is 0 Å². The molecule has 0 heterocycles. The Balaban J connectivity index is 2.28. The summed E-state index contributed by atoms with van der Waals surface area (Å²) in [6.07, 6.45) is 20.5. The molecule has 0 saturated carbocycles. The molecule has 1 aromatic rings. The van der Waals surface area contributed by atoms with Gasteiger partial charge in [-0.1, -0.05) is 115 Å². The van der Waals surface area contributed by atoms with Gasteiger partial charge in [-0.3, -0.25) is 9.59 Å². The number of carboxylic acids is 2. The van der Waals surface area contributed by atoms with Gasteiger partial charge in [-0.25, -0.2) is 6.14 Å². The number of hydrogen-bond donors (Lipinski definition) is 2. The molecule has 0 fully saturated rings. The zero-order chi connectivity index (χ0) is 25.9. The quantitative estimate of drug-likeness (QED) is 0.102. The number of carbonyl (C=O) groups is 2. The molecule has 0 aliphatic heterocycles. The molecule has 0 spiro atoms. The molecule has 0 aliphatic rings. The van der Waals surface area contributed by atoms with Crippen LogP contribution < -0.4 is 0 Å². The van der Waals surface area contributed by atoms with Crippen LogP contribution in [0.5, 0.6) is 0 Å². The highest BCUT2D eigenvalue weighted by molar-refractivity contribution is 14.2. The van der Waals surface area contributed by atoms with Crippen molar-refractivity contribution in [3.8, 4) is 0 Å². The van der Waals surface area contributed by atoms with Crippen LogP contribution in [0.3, 0.4) is 0 Å². The maximum absolute atomic E-state index is 11.8. The number of halogens is 1. The van der Waals surface area contributed by atoms with Crippen LogP contribution in [-0.2, 0) is 35.0 Å². The van der Waals surface area contributed by atoms with Gasteiger partial charge < -0.3 is 10.2 Å². The Morgan fingerprint density at radius 2 is 0.971 bits per heavy atom. The van der Waals surface area contributed by atoms with Gasteiger partial charge in [-0.05, 0) is 29.5 Å². The van der Waals surface area contributed by atoms with E-state index in [9.17, 15) is 15.7 Å². The molecule has 35 heavy (non-hydrogen) atoms. The van der Waals surface area contributed by atoms with E-state index in [-0.39, 0.29) is 14.7 Å². The van der Waals surface area contributed by atoms with Crippen molar-refractivity contribution >= 4 is 31.7 Å². The molecule has 0 radical (unpaired) electrons. The highest BCUT2D eigenvalue weighted by atomic mass is 127. The third-order valence-electron chi connectivity index (χ3n) is 6.44. The lowest BCUT2D eigenvalue weighted by Gasteiger charge is -2.11. The minimum atomic E-state index is -4.02. The number of unbranched alkanes of at least 4 members (excludes halogenated alkanes) is 15. The normalized spacial score (nSPS) is 11.3. The van der Waals surface area contributed by atoms with Gasteiger partial charge in [-0.2, -0.15) is 0 Å². The lowest BCUT2D eigenvalue weighted by Crippen LogP contribution is -2.09. The van der Waals surface area contributed by atoms with Gasteiger partial charge in [-0.15, -0.1) is 0 Å². The van der Waals surface area contributed by atoms with Gasteiger partial charge in [0.1, 0.15) is 0 Å². The van der Waals surface area contributed by atoms with E-state index in [4.69, 9.17) is 10.2 Å². The zero-order valence-electron chi connectivity index (χ0n) is 21.5. The predicted octanol–water partition coefficient (Wildman–Crippen LogP) is 8.11. The van der Waals surface area contributed by atoms with Crippen LogP contribution in [-0.4, -0.2) is 22.2 Å². The lowest BCUT2D eigenvalue weighted by atomic mass is 9.97. The van der Waals surface area contributed by atoms with Crippen LogP contribution in [0.25, 0.3) is 0 Å². The van der Waals surface area contributed by atoms with Crippen LogP contribution in [0.15, 0.2) is 12.1 Å². The molecular weight excluding hydrogens is 559 g/mol. The smallest absolute Gasteiger partial charge is 0.341 e. The minimum Gasteiger partial charge on any atom is -0.481 e. The lowest BCUT2D eigenvalue weighted by molar-refractivity contribution is -0.137. The summed E-state index contributed by atoms with van der Waals surface area (Å²) >= 11 is -4.02. The fourth-order valence-corrected chi connectivity index (χ4v) is 6.45. The summed E-state index contributed by atoms with van der Waals surface area (Å²) < 4.78 is 23.5. The van der Waals surface area contributed by atoms with Crippen molar-refractivity contribution in [1.29, 1.82) is 0 Å². The highest BCUT2D eigenvalue weighted by Gasteiger charge is 2.19. The third-order valence-corrected chi connectivity index (χ3v) is 8.71. The summed E-state index contributed by atoms with van der Waals surface area (Å²) in [6.45, 7) is 2.26. The van der Waals surface area contributed by atoms with E-state index < -0.39 is 44.6 Å². The first-order valence-corrected chi connectivity index (χ1v) is 16.3. The van der Waals surface area contributed by atoms with Crippen molar-refractivity contribution in [3.05, 3.63) is 32.4 Å². The molecular formula is C28H45IO6. The van der Waals surface area contributed by atoms with Crippen molar-refractivity contribution in [1.82, 2.24) is 0 Å². The van der Waals surface area contributed by atoms with E-state index in [0.717, 1.165) is 24.8 Å². The summed E-state index contributed by atoms with van der Waals surface area (Å²) in [5.74, 6) is -2.24. The van der Waals surface area contributed by atoms with E-state index in [2.05, 4.69) is 6.92 Å². The highest BCUT2D eigenvalue weighted by Crippen LogP contribution is 2.29. The number of hydrogen-bond acceptors (Lipinski definition) is 4. The molecule has 6 nitrogen and oxygen atoms in total. The molecule has 1 rings (SSSR count). The zero-order valence-corrected chi connectivity index (χ0v) is 23.7. The summed E-state index contributed by atoms with van der Waals surface area (Å²) in [5.41, 5.74) is 1.26. The second-order valence-corrected chi connectivity index (χ2v) is 12.0. The average molecular weight is 605 g/mol. The van der Waals surface area contributed by atoms with E-state index in [1.54, 1.807) is 12.1 Å². The topological polar surface area (TPSA) is 109 Å². The number of carboxylic acid groups (broad SMARTS) is 2. The fourth-order valence-electron chi connectivity index (χ4n) is 4.63. The molecule has 0 unspecified atom stereocenters. The second kappa shape index (κ2) is 19.7. The Morgan fingerprint density at radius 1 is 0.629 bits per heavy atom. The summed E-state index contributed by atoms with van der Waals surface area (Å²) in [7, 11) is 0. The van der Waals surface area contributed by atoms with Gasteiger partial charge in [0.15, 0.2) is 0 Å². The maximum atomic E-state index is 11.8. The Hall–Kier alpha value is -1.51. The first-order valence-electron chi connectivity index (χ1n) is 13.5. The molecule has 0 aliphatic carbocycles.